The Balaban J connectivity index is 1.94. The average molecular weight is 322 g/mol. The summed E-state index contributed by atoms with van der Waals surface area (Å²) in [6.45, 7) is 2.75. The van der Waals surface area contributed by atoms with E-state index >= 15 is 0 Å². The zero-order valence-corrected chi connectivity index (χ0v) is 13.7. The first kappa shape index (κ1) is 14.2. The van der Waals surface area contributed by atoms with Crippen molar-refractivity contribution >= 4 is 44.0 Å². The molecule has 0 aliphatic carbocycles. The van der Waals surface area contributed by atoms with Gasteiger partial charge in [-0.05, 0) is 49.7 Å². The van der Waals surface area contributed by atoms with Crippen LogP contribution in [0.25, 0.3) is 21.8 Å². The number of thiazole rings is 1. The molecule has 116 valence electrons. The molecule has 4 aromatic rings. The fraction of sp³-hybridized carbons (Fsp3) is 0.167. The number of hydrogen-bond acceptors (Lipinski definition) is 4. The number of benzene rings is 2. The van der Waals surface area contributed by atoms with Crippen molar-refractivity contribution in [1.82, 2.24) is 9.97 Å². The molecule has 0 saturated heterocycles. The zero-order chi connectivity index (χ0) is 15.8. The topological polar surface area (TPSA) is 66.7 Å². The van der Waals surface area contributed by atoms with Crippen LogP contribution in [0.1, 0.15) is 11.1 Å². The third-order valence-corrected chi connectivity index (χ3v) is 4.73. The standard InChI is InChI=1S/C18H18N4S/c1-11-2-3-16-14(8-11)15-10-13(21-18-20-6-7-23-18)9-12(4-5-19)17(15)22-16/h2-3,6-10,22H,4-5,19H2,1H3,(H,20,21). The quantitative estimate of drug-likeness (QED) is 0.524. The molecule has 0 bridgehead atoms. The lowest BCUT2D eigenvalue weighted by Crippen LogP contribution is -2.03. The number of nitrogens with zero attached hydrogens (tertiary/aromatic N) is 1. The van der Waals surface area contributed by atoms with Gasteiger partial charge < -0.3 is 16.0 Å². The molecule has 0 fully saturated rings. The van der Waals surface area contributed by atoms with Gasteiger partial charge in [-0.25, -0.2) is 4.98 Å². The summed E-state index contributed by atoms with van der Waals surface area (Å²) < 4.78 is 0. The van der Waals surface area contributed by atoms with E-state index in [-0.39, 0.29) is 0 Å². The van der Waals surface area contributed by atoms with Crippen LogP contribution in [0.4, 0.5) is 10.8 Å². The van der Waals surface area contributed by atoms with Crippen LogP contribution in [0.2, 0.25) is 0 Å². The molecule has 2 heterocycles. The molecular weight excluding hydrogens is 304 g/mol. The number of rotatable bonds is 4. The molecule has 23 heavy (non-hydrogen) atoms. The van der Waals surface area contributed by atoms with E-state index in [1.54, 1.807) is 17.5 Å². The van der Waals surface area contributed by atoms with Gasteiger partial charge in [0.15, 0.2) is 5.13 Å². The van der Waals surface area contributed by atoms with Crippen molar-refractivity contribution in [2.24, 2.45) is 5.73 Å². The number of nitrogens with two attached hydrogens (primary N) is 1. The maximum atomic E-state index is 5.81. The van der Waals surface area contributed by atoms with Gasteiger partial charge in [-0.1, -0.05) is 11.6 Å². The second-order valence-electron chi connectivity index (χ2n) is 5.73. The van der Waals surface area contributed by atoms with Gasteiger partial charge >= 0.3 is 0 Å². The van der Waals surface area contributed by atoms with Crippen LogP contribution in [0.15, 0.2) is 41.9 Å². The highest BCUT2D eigenvalue weighted by molar-refractivity contribution is 7.13. The summed E-state index contributed by atoms with van der Waals surface area (Å²) in [5.41, 5.74) is 11.7. The normalized spacial score (nSPS) is 11.4. The Labute approximate surface area is 138 Å². The van der Waals surface area contributed by atoms with Crippen LogP contribution in [0.5, 0.6) is 0 Å². The molecule has 0 amide bonds. The lowest BCUT2D eigenvalue weighted by atomic mass is 10.0. The third kappa shape index (κ3) is 2.58. The molecule has 0 aliphatic rings. The monoisotopic (exact) mass is 322 g/mol. The van der Waals surface area contributed by atoms with Gasteiger partial charge in [-0.2, -0.15) is 0 Å². The van der Waals surface area contributed by atoms with Crippen molar-refractivity contribution in [1.29, 1.82) is 0 Å². The van der Waals surface area contributed by atoms with Crippen LogP contribution in [-0.2, 0) is 6.42 Å². The molecule has 0 radical (unpaired) electrons. The fourth-order valence-corrected chi connectivity index (χ4v) is 3.57. The maximum Gasteiger partial charge on any atom is 0.187 e. The summed E-state index contributed by atoms with van der Waals surface area (Å²) in [5.74, 6) is 0. The van der Waals surface area contributed by atoms with E-state index in [1.807, 2.05) is 5.38 Å². The number of anilines is 2. The molecule has 2 aromatic carbocycles. The molecule has 0 atom stereocenters. The number of fused-ring (bicyclic) bond motifs is 3. The molecule has 0 unspecified atom stereocenters. The summed E-state index contributed by atoms with van der Waals surface area (Å²) in [6, 6.07) is 10.9. The first-order chi connectivity index (χ1) is 11.2. The highest BCUT2D eigenvalue weighted by Gasteiger charge is 2.11. The average Bonchev–Trinajstić information content (AvgIpc) is 3.16. The van der Waals surface area contributed by atoms with Crippen molar-refractivity contribution in [3.8, 4) is 0 Å². The molecule has 4 rings (SSSR count). The number of nitrogens with one attached hydrogen (secondary N) is 2. The Bertz CT molecular complexity index is 970. The number of aromatic nitrogens is 2. The van der Waals surface area contributed by atoms with Gasteiger partial charge in [0.2, 0.25) is 0 Å². The van der Waals surface area contributed by atoms with Crippen molar-refractivity contribution in [2.45, 2.75) is 13.3 Å². The van der Waals surface area contributed by atoms with Gasteiger partial charge in [-0.3, -0.25) is 0 Å². The van der Waals surface area contributed by atoms with Gasteiger partial charge in [0.25, 0.3) is 0 Å². The Morgan fingerprint density at radius 2 is 2.13 bits per heavy atom. The van der Waals surface area contributed by atoms with Crippen molar-refractivity contribution in [2.75, 3.05) is 11.9 Å². The van der Waals surface area contributed by atoms with Crippen molar-refractivity contribution in [3.05, 3.63) is 53.0 Å². The molecule has 4 nitrogen and oxygen atoms in total. The predicted octanol–water partition coefficient (Wildman–Crippen LogP) is 4.33. The Kier molecular flexibility index (Phi) is 3.52. The minimum absolute atomic E-state index is 0.629. The smallest absolute Gasteiger partial charge is 0.187 e. The molecule has 5 heteroatoms. The van der Waals surface area contributed by atoms with Crippen LogP contribution >= 0.6 is 11.3 Å². The van der Waals surface area contributed by atoms with E-state index in [0.717, 1.165) is 22.8 Å². The third-order valence-electron chi connectivity index (χ3n) is 4.04. The van der Waals surface area contributed by atoms with Gasteiger partial charge in [0.05, 0.1) is 0 Å². The van der Waals surface area contributed by atoms with E-state index in [9.17, 15) is 0 Å². The lowest BCUT2D eigenvalue weighted by Gasteiger charge is -2.08. The van der Waals surface area contributed by atoms with E-state index < -0.39 is 0 Å². The van der Waals surface area contributed by atoms with E-state index in [2.05, 4.69) is 52.5 Å². The summed E-state index contributed by atoms with van der Waals surface area (Å²) in [6.07, 6.45) is 2.65. The summed E-state index contributed by atoms with van der Waals surface area (Å²) >= 11 is 1.60. The first-order valence-corrected chi connectivity index (χ1v) is 8.54. The lowest BCUT2D eigenvalue weighted by molar-refractivity contribution is 0.975. The van der Waals surface area contributed by atoms with Crippen LogP contribution in [0, 0.1) is 6.92 Å². The van der Waals surface area contributed by atoms with E-state index in [0.29, 0.717) is 6.54 Å². The second kappa shape index (κ2) is 5.68. The van der Waals surface area contributed by atoms with Gasteiger partial charge in [-0.15, -0.1) is 11.3 Å². The number of aryl methyl sites for hydroxylation is 1. The Morgan fingerprint density at radius 3 is 2.91 bits per heavy atom. The number of aromatic amines is 1. The molecule has 0 saturated carbocycles. The summed E-state index contributed by atoms with van der Waals surface area (Å²) in [5, 5.41) is 8.75. The van der Waals surface area contributed by atoms with E-state index in [4.69, 9.17) is 5.73 Å². The maximum absolute atomic E-state index is 5.81. The molecule has 2 aromatic heterocycles. The highest BCUT2D eigenvalue weighted by atomic mass is 32.1. The number of H-pyrrole nitrogens is 1. The van der Waals surface area contributed by atoms with Crippen LogP contribution in [-0.4, -0.2) is 16.5 Å². The largest absolute Gasteiger partial charge is 0.354 e. The molecule has 0 spiro atoms. The minimum atomic E-state index is 0.629. The Hall–Kier alpha value is -2.37. The number of hydrogen-bond donors (Lipinski definition) is 3. The molecular formula is C18H18N4S. The van der Waals surface area contributed by atoms with Crippen molar-refractivity contribution < 1.29 is 0 Å². The SMILES string of the molecule is Cc1ccc2[nH]c3c(CCN)cc(Nc4nccs4)cc3c2c1. The Morgan fingerprint density at radius 1 is 1.22 bits per heavy atom. The summed E-state index contributed by atoms with van der Waals surface area (Å²) in [4.78, 5) is 7.85. The van der Waals surface area contributed by atoms with E-state index in [1.165, 1.54) is 27.4 Å². The first-order valence-electron chi connectivity index (χ1n) is 7.66. The summed E-state index contributed by atoms with van der Waals surface area (Å²) in [7, 11) is 0. The highest BCUT2D eigenvalue weighted by Crippen LogP contribution is 2.32. The fourth-order valence-electron chi connectivity index (χ4n) is 3.02. The predicted molar refractivity (Wildman–Crippen MR) is 98.7 cm³/mol. The van der Waals surface area contributed by atoms with Crippen molar-refractivity contribution in [3.63, 3.8) is 0 Å². The minimum Gasteiger partial charge on any atom is -0.354 e. The second-order valence-corrected chi connectivity index (χ2v) is 6.63. The molecule has 4 N–H and O–H groups in total. The molecule has 0 aliphatic heterocycles. The van der Waals surface area contributed by atoms with Crippen LogP contribution in [0.3, 0.4) is 0 Å². The van der Waals surface area contributed by atoms with Crippen LogP contribution < -0.4 is 11.1 Å². The van der Waals surface area contributed by atoms with Gasteiger partial charge in [0, 0.05) is 39.1 Å². The zero-order valence-electron chi connectivity index (χ0n) is 12.9. The van der Waals surface area contributed by atoms with Gasteiger partial charge in [0.1, 0.15) is 0 Å².